The SMILES string of the molecule is COc1ccc(NS(=O)(=O)c2cc(C(=O)N(C)Cc3ccc(C)o3)ccc2F)cc1. The van der Waals surface area contributed by atoms with Crippen molar-refractivity contribution < 1.29 is 26.8 Å². The van der Waals surface area contributed by atoms with Gasteiger partial charge in [0.05, 0.1) is 13.7 Å². The Labute approximate surface area is 174 Å². The van der Waals surface area contributed by atoms with Crippen molar-refractivity contribution in [3.05, 3.63) is 77.5 Å². The van der Waals surface area contributed by atoms with Crippen LogP contribution in [0, 0.1) is 12.7 Å². The number of nitrogens with one attached hydrogen (secondary N) is 1. The zero-order valence-corrected chi connectivity index (χ0v) is 17.5. The minimum absolute atomic E-state index is 0.0392. The predicted molar refractivity (Wildman–Crippen MR) is 109 cm³/mol. The first-order chi connectivity index (χ1) is 14.2. The molecule has 1 aromatic heterocycles. The van der Waals surface area contributed by atoms with Crippen LogP contribution in [0.2, 0.25) is 0 Å². The number of hydrogen-bond donors (Lipinski definition) is 1. The maximum absolute atomic E-state index is 14.3. The van der Waals surface area contributed by atoms with Gasteiger partial charge in [0.25, 0.3) is 15.9 Å². The molecule has 3 aromatic rings. The summed E-state index contributed by atoms with van der Waals surface area (Å²) in [5.74, 6) is 0.415. The lowest BCUT2D eigenvalue weighted by molar-refractivity contribution is 0.0774. The molecule has 0 aliphatic carbocycles. The molecule has 1 amide bonds. The third kappa shape index (κ3) is 4.80. The summed E-state index contributed by atoms with van der Waals surface area (Å²) in [5, 5.41) is 0. The lowest BCUT2D eigenvalue weighted by Gasteiger charge is -2.17. The van der Waals surface area contributed by atoms with E-state index >= 15 is 0 Å². The Morgan fingerprint density at radius 1 is 1.13 bits per heavy atom. The summed E-state index contributed by atoms with van der Waals surface area (Å²) in [5.41, 5.74) is 0.273. The Bertz CT molecular complexity index is 1160. The highest BCUT2D eigenvalue weighted by atomic mass is 32.2. The van der Waals surface area contributed by atoms with Crippen molar-refractivity contribution in [3.63, 3.8) is 0 Å². The highest BCUT2D eigenvalue weighted by molar-refractivity contribution is 7.92. The Morgan fingerprint density at radius 3 is 2.43 bits per heavy atom. The van der Waals surface area contributed by atoms with Gasteiger partial charge in [-0.1, -0.05) is 0 Å². The first-order valence-corrected chi connectivity index (χ1v) is 10.4. The molecule has 0 atom stereocenters. The molecule has 1 N–H and O–H groups in total. The number of sulfonamides is 1. The van der Waals surface area contributed by atoms with E-state index in [-0.39, 0.29) is 17.8 Å². The van der Waals surface area contributed by atoms with Crippen LogP contribution in [-0.4, -0.2) is 33.4 Å². The van der Waals surface area contributed by atoms with Gasteiger partial charge in [-0.05, 0) is 61.5 Å². The molecule has 0 unspecified atom stereocenters. The van der Waals surface area contributed by atoms with Crippen molar-refractivity contribution in [2.45, 2.75) is 18.4 Å². The van der Waals surface area contributed by atoms with E-state index in [1.807, 2.05) is 0 Å². The number of carbonyl (C=O) groups excluding carboxylic acids is 1. The van der Waals surface area contributed by atoms with Gasteiger partial charge in [-0.25, -0.2) is 12.8 Å². The molecule has 30 heavy (non-hydrogen) atoms. The van der Waals surface area contributed by atoms with E-state index in [9.17, 15) is 17.6 Å². The molecule has 0 aliphatic rings. The molecule has 0 fully saturated rings. The standard InChI is InChI=1S/C21H21FN2O5S/c1-14-4-8-18(29-14)13-24(2)21(25)15-5-11-19(22)20(12-15)30(26,27)23-16-6-9-17(28-3)10-7-16/h4-12,23H,13H2,1-3H3. The largest absolute Gasteiger partial charge is 0.497 e. The molecular formula is C21H21FN2O5S. The maximum Gasteiger partial charge on any atom is 0.264 e. The number of ether oxygens (including phenoxy) is 1. The van der Waals surface area contributed by atoms with Gasteiger partial charge in [0.2, 0.25) is 0 Å². The lowest BCUT2D eigenvalue weighted by Crippen LogP contribution is -2.26. The van der Waals surface area contributed by atoms with Gasteiger partial charge in [-0.15, -0.1) is 0 Å². The van der Waals surface area contributed by atoms with Crippen molar-refractivity contribution >= 4 is 21.6 Å². The molecule has 0 spiro atoms. The van der Waals surface area contributed by atoms with Gasteiger partial charge < -0.3 is 14.1 Å². The van der Waals surface area contributed by atoms with Crippen LogP contribution in [0.5, 0.6) is 5.75 Å². The second kappa shape index (κ2) is 8.58. The van der Waals surface area contributed by atoms with E-state index in [2.05, 4.69) is 4.72 Å². The number of anilines is 1. The van der Waals surface area contributed by atoms with E-state index in [0.717, 1.165) is 12.1 Å². The summed E-state index contributed by atoms with van der Waals surface area (Å²) in [6, 6.07) is 12.9. The van der Waals surface area contributed by atoms with Crippen LogP contribution >= 0.6 is 0 Å². The number of methoxy groups -OCH3 is 1. The molecule has 0 saturated carbocycles. The van der Waals surface area contributed by atoms with Crippen molar-refractivity contribution in [1.29, 1.82) is 0 Å². The van der Waals surface area contributed by atoms with Crippen molar-refractivity contribution in [1.82, 2.24) is 4.90 Å². The fraction of sp³-hybridized carbons (Fsp3) is 0.190. The predicted octanol–water partition coefficient (Wildman–Crippen LogP) is 3.81. The zero-order chi connectivity index (χ0) is 21.9. The van der Waals surface area contributed by atoms with E-state index in [4.69, 9.17) is 9.15 Å². The molecule has 158 valence electrons. The van der Waals surface area contributed by atoms with E-state index in [1.54, 1.807) is 38.2 Å². The summed E-state index contributed by atoms with van der Waals surface area (Å²) in [4.78, 5) is 13.4. The summed E-state index contributed by atoms with van der Waals surface area (Å²) < 4.78 is 52.5. The van der Waals surface area contributed by atoms with Crippen LogP contribution < -0.4 is 9.46 Å². The van der Waals surface area contributed by atoms with Crippen LogP contribution in [0.1, 0.15) is 21.9 Å². The molecular weight excluding hydrogens is 411 g/mol. The van der Waals surface area contributed by atoms with E-state index in [0.29, 0.717) is 17.3 Å². The number of hydrogen-bond acceptors (Lipinski definition) is 5. The Kier molecular flexibility index (Phi) is 6.12. The van der Waals surface area contributed by atoms with Crippen LogP contribution in [0.3, 0.4) is 0 Å². The Balaban J connectivity index is 1.83. The number of amides is 1. The number of aryl methyl sites for hydroxylation is 1. The highest BCUT2D eigenvalue weighted by Gasteiger charge is 2.23. The first-order valence-electron chi connectivity index (χ1n) is 8.97. The number of benzene rings is 2. The van der Waals surface area contributed by atoms with Crippen LogP contribution in [0.25, 0.3) is 0 Å². The zero-order valence-electron chi connectivity index (χ0n) is 16.7. The van der Waals surface area contributed by atoms with Gasteiger partial charge in [0.15, 0.2) is 0 Å². The molecule has 0 saturated heterocycles. The molecule has 0 bridgehead atoms. The number of nitrogens with zero attached hydrogens (tertiary/aromatic N) is 1. The average Bonchev–Trinajstić information content (AvgIpc) is 3.12. The quantitative estimate of drug-likeness (QED) is 0.613. The third-order valence-corrected chi connectivity index (χ3v) is 5.74. The normalized spacial score (nSPS) is 11.2. The fourth-order valence-corrected chi connectivity index (χ4v) is 3.97. The second-order valence-corrected chi connectivity index (χ2v) is 8.30. The minimum atomic E-state index is -4.26. The van der Waals surface area contributed by atoms with Crippen molar-refractivity contribution in [2.75, 3.05) is 18.9 Å². The topological polar surface area (TPSA) is 88.8 Å². The maximum atomic E-state index is 14.3. The van der Waals surface area contributed by atoms with Gasteiger partial charge >= 0.3 is 0 Å². The fourth-order valence-electron chi connectivity index (χ4n) is 2.81. The van der Waals surface area contributed by atoms with Gasteiger partial charge in [-0.2, -0.15) is 0 Å². The molecule has 1 heterocycles. The third-order valence-electron chi connectivity index (χ3n) is 4.35. The molecule has 9 heteroatoms. The van der Waals surface area contributed by atoms with Gasteiger partial charge in [0.1, 0.15) is 28.0 Å². The minimum Gasteiger partial charge on any atom is -0.497 e. The summed E-state index contributed by atoms with van der Waals surface area (Å²) >= 11 is 0. The molecule has 0 aliphatic heterocycles. The lowest BCUT2D eigenvalue weighted by atomic mass is 10.2. The van der Waals surface area contributed by atoms with Crippen molar-refractivity contribution in [2.24, 2.45) is 0 Å². The number of rotatable bonds is 7. The summed E-state index contributed by atoms with van der Waals surface area (Å²) in [6.45, 7) is 1.98. The highest BCUT2D eigenvalue weighted by Crippen LogP contribution is 2.23. The van der Waals surface area contributed by atoms with Crippen LogP contribution in [0.4, 0.5) is 10.1 Å². The Morgan fingerprint density at radius 2 is 1.83 bits per heavy atom. The first kappa shape index (κ1) is 21.4. The number of carbonyl (C=O) groups is 1. The van der Waals surface area contributed by atoms with Gasteiger partial charge in [0, 0.05) is 18.3 Å². The van der Waals surface area contributed by atoms with Gasteiger partial charge in [-0.3, -0.25) is 9.52 Å². The summed E-state index contributed by atoms with van der Waals surface area (Å²) in [6.07, 6.45) is 0. The van der Waals surface area contributed by atoms with E-state index in [1.165, 1.54) is 30.2 Å². The molecule has 7 nitrogen and oxygen atoms in total. The second-order valence-electron chi connectivity index (χ2n) is 6.65. The molecule has 2 aromatic carbocycles. The van der Waals surface area contributed by atoms with Crippen LogP contribution in [-0.2, 0) is 16.6 Å². The number of halogens is 1. The smallest absolute Gasteiger partial charge is 0.264 e. The van der Waals surface area contributed by atoms with E-state index < -0.39 is 26.6 Å². The molecule has 3 rings (SSSR count). The monoisotopic (exact) mass is 432 g/mol. The Hall–Kier alpha value is -3.33. The summed E-state index contributed by atoms with van der Waals surface area (Å²) in [7, 11) is -1.22. The number of furan rings is 1. The van der Waals surface area contributed by atoms with Crippen molar-refractivity contribution in [3.8, 4) is 5.75 Å². The van der Waals surface area contributed by atoms with Crippen LogP contribution in [0.15, 0.2) is 63.9 Å². The molecule has 0 radical (unpaired) electrons. The average molecular weight is 432 g/mol.